The minimum absolute atomic E-state index is 0.245. The number of rotatable bonds is 6. The van der Waals surface area contributed by atoms with Gasteiger partial charge in [-0.15, -0.1) is 11.3 Å². The lowest BCUT2D eigenvalue weighted by atomic mass is 10.1. The minimum Gasteiger partial charge on any atom is -0.378 e. The van der Waals surface area contributed by atoms with Gasteiger partial charge in [0.25, 0.3) is 0 Å². The highest BCUT2D eigenvalue weighted by Crippen LogP contribution is 2.38. The van der Waals surface area contributed by atoms with Gasteiger partial charge in [-0.2, -0.15) is 0 Å². The van der Waals surface area contributed by atoms with Crippen LogP contribution in [0.3, 0.4) is 0 Å². The molecular weight excluding hydrogens is 496 g/mol. The van der Waals surface area contributed by atoms with Crippen LogP contribution in [0, 0.1) is 0 Å². The van der Waals surface area contributed by atoms with Crippen LogP contribution in [-0.4, -0.2) is 60.9 Å². The van der Waals surface area contributed by atoms with Crippen LogP contribution in [0.2, 0.25) is 0 Å². The number of nitrogens with zero attached hydrogens (tertiary/aromatic N) is 4. The summed E-state index contributed by atoms with van der Waals surface area (Å²) in [6, 6.07) is 14.1. The number of thiophene rings is 1. The summed E-state index contributed by atoms with van der Waals surface area (Å²) in [6.45, 7) is 3.08. The van der Waals surface area contributed by atoms with E-state index in [2.05, 4.69) is 31.7 Å². The Morgan fingerprint density at radius 1 is 1.11 bits per heavy atom. The summed E-state index contributed by atoms with van der Waals surface area (Å²) < 4.78 is 31.2. The van der Waals surface area contributed by atoms with E-state index in [1.165, 1.54) is 0 Å². The molecule has 0 aliphatic carbocycles. The molecular formula is C25H24N6O3S2. The number of H-pyrrole nitrogens is 1. The second kappa shape index (κ2) is 9.25. The number of fused-ring (bicyclic) bond motifs is 2. The number of morpholine rings is 1. The third-order valence-electron chi connectivity index (χ3n) is 6.09. The summed E-state index contributed by atoms with van der Waals surface area (Å²) in [4.78, 5) is 21.8. The first-order chi connectivity index (χ1) is 17.4. The number of benzene rings is 1. The van der Waals surface area contributed by atoms with Gasteiger partial charge < -0.3 is 14.6 Å². The van der Waals surface area contributed by atoms with Crippen molar-refractivity contribution in [2.24, 2.45) is 0 Å². The second-order valence-electron chi connectivity index (χ2n) is 8.73. The molecule has 0 saturated carbocycles. The van der Waals surface area contributed by atoms with Crippen LogP contribution < -0.4 is 9.62 Å². The summed E-state index contributed by atoms with van der Waals surface area (Å²) in [5.41, 5.74) is 3.59. The molecule has 36 heavy (non-hydrogen) atoms. The lowest BCUT2D eigenvalue weighted by molar-refractivity contribution is 0.122. The van der Waals surface area contributed by atoms with Crippen molar-refractivity contribution < 1.29 is 13.2 Å². The summed E-state index contributed by atoms with van der Waals surface area (Å²) in [5, 5.41) is 2.01. The van der Waals surface area contributed by atoms with E-state index in [4.69, 9.17) is 14.7 Å². The number of anilines is 1. The maximum absolute atomic E-state index is 11.5. The molecule has 0 spiro atoms. The predicted molar refractivity (Wildman–Crippen MR) is 143 cm³/mol. The first kappa shape index (κ1) is 23.0. The maximum atomic E-state index is 11.5. The molecule has 1 aromatic carbocycles. The molecule has 0 radical (unpaired) electrons. The third-order valence-corrected chi connectivity index (χ3v) is 7.84. The van der Waals surface area contributed by atoms with E-state index < -0.39 is 10.0 Å². The van der Waals surface area contributed by atoms with Crippen LogP contribution in [-0.2, 0) is 21.3 Å². The molecule has 0 unspecified atom stereocenters. The van der Waals surface area contributed by atoms with Crippen LogP contribution in [0.4, 0.5) is 5.82 Å². The van der Waals surface area contributed by atoms with E-state index in [1.807, 2.05) is 36.5 Å². The standard InChI is InChI=1S/C25H24N6O3S2/c1-36(32,33)28-14-16-3-2-4-17(11-16)21-13-20-24(31-7-9-34-10-8-31)29-23(30-25(20)35-21)19-12-18-5-6-26-22(18)27-15-19/h2-6,11-13,15,28H,7-10,14H2,1H3,(H,26,27). The van der Waals surface area contributed by atoms with Crippen molar-refractivity contribution in [1.82, 2.24) is 24.7 Å². The van der Waals surface area contributed by atoms with Gasteiger partial charge in [-0.1, -0.05) is 18.2 Å². The Balaban J connectivity index is 1.44. The van der Waals surface area contributed by atoms with Crippen molar-refractivity contribution in [2.45, 2.75) is 6.54 Å². The Morgan fingerprint density at radius 2 is 1.97 bits per heavy atom. The number of sulfonamides is 1. The van der Waals surface area contributed by atoms with Crippen molar-refractivity contribution in [1.29, 1.82) is 0 Å². The highest BCUT2D eigenvalue weighted by molar-refractivity contribution is 7.88. The molecule has 1 aliphatic heterocycles. The van der Waals surface area contributed by atoms with Gasteiger partial charge in [0.1, 0.15) is 16.3 Å². The Kier molecular flexibility index (Phi) is 5.92. The normalized spacial score (nSPS) is 14.6. The number of pyridine rings is 1. The SMILES string of the molecule is CS(=O)(=O)NCc1cccc(-c2cc3c(N4CCOCC4)nc(-c4cnc5[nH]ccc5c4)nc3s2)c1. The number of aromatic nitrogens is 4. The van der Waals surface area contributed by atoms with Gasteiger partial charge >= 0.3 is 0 Å². The molecule has 0 amide bonds. The van der Waals surface area contributed by atoms with Gasteiger partial charge in [0.05, 0.1) is 24.9 Å². The van der Waals surface area contributed by atoms with Crippen LogP contribution in [0.25, 0.3) is 43.1 Å². The molecule has 5 heterocycles. The monoisotopic (exact) mass is 520 g/mol. The van der Waals surface area contributed by atoms with Crippen molar-refractivity contribution in [3.8, 4) is 21.8 Å². The van der Waals surface area contributed by atoms with E-state index in [1.54, 1.807) is 17.5 Å². The molecule has 184 valence electrons. The lowest BCUT2D eigenvalue weighted by Crippen LogP contribution is -2.37. The molecule has 9 nitrogen and oxygen atoms in total. The van der Waals surface area contributed by atoms with Crippen LogP contribution in [0.5, 0.6) is 0 Å². The molecule has 4 aromatic heterocycles. The van der Waals surface area contributed by atoms with Crippen molar-refractivity contribution in [3.63, 3.8) is 0 Å². The predicted octanol–water partition coefficient (Wildman–Crippen LogP) is 3.79. The molecule has 0 bridgehead atoms. The van der Waals surface area contributed by atoms with Crippen LogP contribution in [0.1, 0.15) is 5.56 Å². The molecule has 1 aliphatic rings. The number of ether oxygens (including phenoxy) is 1. The Hall–Kier alpha value is -3.38. The fourth-order valence-corrected chi connectivity index (χ4v) is 5.76. The zero-order valence-electron chi connectivity index (χ0n) is 19.6. The zero-order chi connectivity index (χ0) is 24.7. The summed E-state index contributed by atoms with van der Waals surface area (Å²) >= 11 is 1.60. The summed E-state index contributed by atoms with van der Waals surface area (Å²) in [6.07, 6.45) is 4.83. The fourth-order valence-electron chi connectivity index (χ4n) is 4.31. The van der Waals surface area contributed by atoms with Gasteiger partial charge in [-0.25, -0.2) is 28.1 Å². The van der Waals surface area contributed by atoms with Crippen LogP contribution in [0.15, 0.2) is 54.9 Å². The molecule has 2 N–H and O–H groups in total. The summed E-state index contributed by atoms with van der Waals surface area (Å²) in [7, 11) is -3.27. The molecule has 5 aromatic rings. The van der Waals surface area contributed by atoms with E-state index in [-0.39, 0.29) is 6.54 Å². The first-order valence-electron chi connectivity index (χ1n) is 11.5. The molecule has 1 saturated heterocycles. The molecule has 6 rings (SSSR count). The highest BCUT2D eigenvalue weighted by atomic mass is 32.2. The topological polar surface area (TPSA) is 113 Å². The largest absolute Gasteiger partial charge is 0.378 e. The quantitative estimate of drug-likeness (QED) is 0.350. The number of aromatic amines is 1. The smallest absolute Gasteiger partial charge is 0.209 e. The minimum atomic E-state index is -3.27. The Bertz CT molecular complexity index is 1670. The average molecular weight is 521 g/mol. The van der Waals surface area contributed by atoms with E-state index >= 15 is 0 Å². The molecule has 11 heteroatoms. The Morgan fingerprint density at radius 3 is 2.81 bits per heavy atom. The first-order valence-corrected chi connectivity index (χ1v) is 14.3. The molecule has 1 fully saturated rings. The number of hydrogen-bond donors (Lipinski definition) is 2. The number of nitrogens with one attached hydrogen (secondary N) is 2. The van der Waals surface area contributed by atoms with Crippen molar-refractivity contribution in [3.05, 3.63) is 60.4 Å². The zero-order valence-corrected chi connectivity index (χ0v) is 21.2. The molecule has 0 atom stereocenters. The van der Waals surface area contributed by atoms with Gasteiger partial charge in [-0.3, -0.25) is 0 Å². The van der Waals surface area contributed by atoms with Crippen molar-refractivity contribution in [2.75, 3.05) is 37.5 Å². The van der Waals surface area contributed by atoms with Gasteiger partial charge in [0.2, 0.25) is 10.0 Å². The van der Waals surface area contributed by atoms with Gasteiger partial charge in [0, 0.05) is 47.9 Å². The van der Waals surface area contributed by atoms with E-state index in [9.17, 15) is 8.42 Å². The highest BCUT2D eigenvalue weighted by Gasteiger charge is 2.21. The third kappa shape index (κ3) is 4.70. The van der Waals surface area contributed by atoms with E-state index in [0.29, 0.717) is 19.0 Å². The van der Waals surface area contributed by atoms with E-state index in [0.717, 1.165) is 68.0 Å². The van der Waals surface area contributed by atoms with Crippen molar-refractivity contribution >= 4 is 48.4 Å². The second-order valence-corrected chi connectivity index (χ2v) is 11.6. The Labute approximate surface area is 212 Å². The van der Waals surface area contributed by atoms with Crippen LogP contribution >= 0.6 is 11.3 Å². The van der Waals surface area contributed by atoms with Gasteiger partial charge in [0.15, 0.2) is 5.82 Å². The lowest BCUT2D eigenvalue weighted by Gasteiger charge is -2.28. The fraction of sp³-hybridized carbons (Fsp3) is 0.240. The summed E-state index contributed by atoms with van der Waals surface area (Å²) in [5.74, 6) is 1.53. The maximum Gasteiger partial charge on any atom is 0.209 e. The average Bonchev–Trinajstić information content (AvgIpc) is 3.54. The number of hydrogen-bond acceptors (Lipinski definition) is 8. The van der Waals surface area contributed by atoms with Gasteiger partial charge in [-0.05, 0) is 35.4 Å².